The predicted octanol–water partition coefficient (Wildman–Crippen LogP) is -0.678. The highest BCUT2D eigenvalue weighted by molar-refractivity contribution is 5.71. The first-order valence-electron chi connectivity index (χ1n) is 1.44. The Morgan fingerprint density at radius 2 is 2.57 bits per heavy atom. The van der Waals surface area contributed by atoms with Gasteiger partial charge in [-0.3, -0.25) is 0 Å². The van der Waals surface area contributed by atoms with Crippen LogP contribution in [0.1, 0.15) is 0 Å². The first-order valence-corrected chi connectivity index (χ1v) is 1.44. The van der Waals surface area contributed by atoms with Gasteiger partial charge in [-0.25, -0.2) is 15.6 Å². The summed E-state index contributed by atoms with van der Waals surface area (Å²) in [6, 6.07) is 0.770. The van der Waals surface area contributed by atoms with E-state index < -0.39 is 6.03 Å². The minimum Gasteiger partial charge on any atom is -0.350 e. The lowest BCUT2D eigenvalue weighted by molar-refractivity contribution is 0.249. The molecule has 0 atom stereocenters. The number of hydrogen-bond donors (Lipinski definition) is 3. The Morgan fingerprint density at radius 3 is 2.71 bits per heavy atom. The maximum absolute atomic E-state index is 9.65. The van der Waals surface area contributed by atoms with Crippen LogP contribution in [-0.4, -0.2) is 12.0 Å². The van der Waals surface area contributed by atoms with Gasteiger partial charge in [0.15, 0.2) is 0 Å². The van der Waals surface area contributed by atoms with Crippen LogP contribution in [0.15, 0.2) is 5.10 Å². The van der Waals surface area contributed by atoms with Gasteiger partial charge in [0, 0.05) is 0 Å². The van der Waals surface area contributed by atoms with Gasteiger partial charge in [0.05, 0.1) is 0 Å². The number of amides is 2. The van der Waals surface area contributed by atoms with E-state index in [4.69, 9.17) is 5.41 Å². The summed E-state index contributed by atoms with van der Waals surface area (Å²) in [6.07, 6.45) is 0. The van der Waals surface area contributed by atoms with Crippen LogP contribution in [-0.2, 0) is 0 Å². The summed E-state index contributed by atoms with van der Waals surface area (Å²) >= 11 is 0. The normalized spacial score (nSPS) is 6.29. The number of primary amides is 1. The first kappa shape index (κ1) is 5.65. The predicted molar refractivity (Wildman–Crippen MR) is 22.9 cm³/mol. The fourth-order valence-electron chi connectivity index (χ4n) is 0.0830. The van der Waals surface area contributed by atoms with Gasteiger partial charge in [0.2, 0.25) is 0 Å². The molecule has 2 amide bonds. The molecule has 0 fully saturated rings. The Bertz CT molecular complexity index is 113. The summed E-state index contributed by atoms with van der Waals surface area (Å²) in [7, 11) is 0. The summed E-state index contributed by atoms with van der Waals surface area (Å²) in [5, 5.41) is 8.97. The molecule has 0 aromatic rings. The topological polar surface area (TPSA) is 91.3 Å². The van der Waals surface area contributed by atoms with Crippen molar-refractivity contribution in [3.8, 4) is 0 Å². The number of urea groups is 1. The molecule has 0 unspecified atom stereocenters. The van der Waals surface area contributed by atoms with Gasteiger partial charge in [0.25, 0.3) is 0 Å². The van der Waals surface area contributed by atoms with Crippen molar-refractivity contribution in [2.75, 3.05) is 0 Å². The molecule has 0 aromatic carbocycles. The average Bonchev–Trinajstić information content (AvgIpc) is 1.61. The quantitative estimate of drug-likeness (QED) is 0.295. The average molecular weight is 100 g/mol. The minimum atomic E-state index is -0.792. The molecule has 0 aromatic heterocycles. The van der Waals surface area contributed by atoms with Gasteiger partial charge in [-0.15, -0.1) is 5.10 Å². The number of nitrogens with two attached hydrogens (primary N) is 1. The second kappa shape index (κ2) is 2.87. The standard InChI is InChI=1S/C2H4N4O/c3-1-5-6-2(4)7/h3H,(H3,4,6,7). The van der Waals surface area contributed by atoms with Gasteiger partial charge in [0.1, 0.15) is 6.01 Å². The second-order valence-electron chi connectivity index (χ2n) is 0.700. The molecular weight excluding hydrogens is 96.0 g/mol. The van der Waals surface area contributed by atoms with Crippen molar-refractivity contribution in [3.63, 3.8) is 0 Å². The molecule has 0 bridgehead atoms. The van der Waals surface area contributed by atoms with Crippen LogP contribution in [0.4, 0.5) is 4.79 Å². The zero-order valence-electron chi connectivity index (χ0n) is 3.43. The molecule has 0 heterocycles. The Kier molecular flexibility index (Phi) is 2.31. The largest absolute Gasteiger partial charge is 0.350 e. The van der Waals surface area contributed by atoms with Gasteiger partial charge in [-0.1, -0.05) is 0 Å². The zero-order chi connectivity index (χ0) is 5.70. The van der Waals surface area contributed by atoms with Crippen LogP contribution in [0, 0.1) is 5.41 Å². The number of nitrogens with one attached hydrogen (secondary N) is 2. The van der Waals surface area contributed by atoms with Crippen molar-refractivity contribution >= 4 is 12.0 Å². The van der Waals surface area contributed by atoms with E-state index in [1.54, 1.807) is 11.4 Å². The molecular formula is C2H4N4O. The zero-order valence-corrected chi connectivity index (χ0v) is 3.43. The van der Waals surface area contributed by atoms with E-state index in [0.29, 0.717) is 0 Å². The number of hydrazone groups is 1. The SMILES string of the molecule is N=C=NNC(N)=O. The molecule has 0 aliphatic carbocycles. The lowest BCUT2D eigenvalue weighted by Crippen LogP contribution is -2.23. The highest BCUT2D eigenvalue weighted by Crippen LogP contribution is 1.49. The van der Waals surface area contributed by atoms with Crippen LogP contribution in [0.25, 0.3) is 0 Å². The van der Waals surface area contributed by atoms with Crippen molar-refractivity contribution in [2.24, 2.45) is 10.8 Å². The first-order chi connectivity index (χ1) is 3.27. The van der Waals surface area contributed by atoms with Crippen LogP contribution in [0.5, 0.6) is 0 Å². The van der Waals surface area contributed by atoms with Crippen molar-refractivity contribution in [2.45, 2.75) is 0 Å². The third-order valence-electron chi connectivity index (χ3n) is 0.222. The summed E-state index contributed by atoms with van der Waals surface area (Å²) in [6.45, 7) is 0. The smallest absolute Gasteiger partial charge is 0.333 e. The summed E-state index contributed by atoms with van der Waals surface area (Å²) < 4.78 is 0. The molecule has 0 saturated carbocycles. The van der Waals surface area contributed by atoms with Crippen LogP contribution in [0.2, 0.25) is 0 Å². The Hall–Kier alpha value is -1.35. The lowest BCUT2D eigenvalue weighted by atomic mass is 11.1. The molecule has 0 saturated heterocycles. The lowest BCUT2D eigenvalue weighted by Gasteiger charge is -1.81. The number of rotatable bonds is 1. The number of carbonyl (C=O) groups excluding carboxylic acids is 1. The third kappa shape index (κ3) is 4.65. The highest BCUT2D eigenvalue weighted by atomic mass is 16.2. The van der Waals surface area contributed by atoms with Gasteiger partial charge in [-0.05, 0) is 0 Å². The Balaban J connectivity index is 3.32. The molecule has 0 radical (unpaired) electrons. The van der Waals surface area contributed by atoms with E-state index in [2.05, 4.69) is 10.8 Å². The minimum absolute atomic E-state index is 0.792. The second-order valence-corrected chi connectivity index (χ2v) is 0.700. The fourth-order valence-corrected chi connectivity index (χ4v) is 0.0830. The monoisotopic (exact) mass is 100 g/mol. The number of carbonyl (C=O) groups is 1. The maximum Gasteiger partial charge on any atom is 0.333 e. The number of hydrogen-bond acceptors (Lipinski definition) is 3. The van der Waals surface area contributed by atoms with Gasteiger partial charge >= 0.3 is 6.03 Å². The maximum atomic E-state index is 9.65. The van der Waals surface area contributed by atoms with Crippen molar-refractivity contribution in [3.05, 3.63) is 0 Å². The van der Waals surface area contributed by atoms with E-state index in [0.717, 1.165) is 0 Å². The molecule has 4 N–H and O–H groups in total. The van der Waals surface area contributed by atoms with Crippen LogP contribution in [0.3, 0.4) is 0 Å². The van der Waals surface area contributed by atoms with Crippen LogP contribution < -0.4 is 11.2 Å². The summed E-state index contributed by atoms with van der Waals surface area (Å²) in [5.74, 6) is 0. The molecule has 0 rings (SSSR count). The molecule has 38 valence electrons. The Morgan fingerprint density at radius 1 is 2.00 bits per heavy atom. The van der Waals surface area contributed by atoms with E-state index >= 15 is 0 Å². The molecule has 5 nitrogen and oxygen atoms in total. The van der Waals surface area contributed by atoms with E-state index in [1.165, 1.54) is 0 Å². The van der Waals surface area contributed by atoms with E-state index in [9.17, 15) is 4.79 Å². The van der Waals surface area contributed by atoms with Gasteiger partial charge in [-0.2, -0.15) is 0 Å². The van der Waals surface area contributed by atoms with Crippen molar-refractivity contribution in [1.82, 2.24) is 5.43 Å². The van der Waals surface area contributed by atoms with Crippen molar-refractivity contribution < 1.29 is 4.79 Å². The van der Waals surface area contributed by atoms with E-state index in [1.807, 2.05) is 0 Å². The van der Waals surface area contributed by atoms with E-state index in [-0.39, 0.29) is 0 Å². The summed E-state index contributed by atoms with van der Waals surface area (Å²) in [4.78, 5) is 9.65. The van der Waals surface area contributed by atoms with Gasteiger partial charge < -0.3 is 5.73 Å². The van der Waals surface area contributed by atoms with Crippen LogP contribution >= 0.6 is 0 Å². The Labute approximate surface area is 39.7 Å². The van der Waals surface area contributed by atoms with Crippen molar-refractivity contribution in [1.29, 1.82) is 5.41 Å². The molecule has 0 spiro atoms. The summed E-state index contributed by atoms with van der Waals surface area (Å²) in [5.41, 5.74) is 6.27. The third-order valence-corrected chi connectivity index (χ3v) is 0.222. The molecule has 0 aliphatic heterocycles. The fraction of sp³-hybridized carbons (Fsp3) is 0. The number of nitrogens with zero attached hydrogens (tertiary/aromatic N) is 1. The molecule has 5 heteroatoms. The highest BCUT2D eigenvalue weighted by Gasteiger charge is 1.79. The molecule has 7 heavy (non-hydrogen) atoms. The molecule has 0 aliphatic rings.